The Kier molecular flexibility index (Phi) is 7.40. The molecule has 9 heteroatoms. The van der Waals surface area contributed by atoms with Crippen LogP contribution in [0.2, 0.25) is 0 Å². The lowest BCUT2D eigenvalue weighted by molar-refractivity contribution is -0.125. The number of nitrogens with one attached hydrogen (secondary N) is 1. The van der Waals surface area contributed by atoms with Gasteiger partial charge in [0.2, 0.25) is 5.91 Å². The minimum Gasteiger partial charge on any atom is -0.497 e. The Bertz CT molecular complexity index is 1100. The highest BCUT2D eigenvalue weighted by molar-refractivity contribution is 5.81. The van der Waals surface area contributed by atoms with Gasteiger partial charge in [-0.25, -0.2) is 9.79 Å². The average molecular weight is 442 g/mol. The average Bonchev–Trinajstić information content (AvgIpc) is 3.03. The van der Waals surface area contributed by atoms with Crippen LogP contribution in [0.4, 0.5) is 0 Å². The normalized spacial score (nSPS) is 19.3. The zero-order chi connectivity index (χ0) is 23.3. The number of aromatic nitrogens is 2. The number of hydrogen-bond acceptors (Lipinski definition) is 5. The maximum atomic E-state index is 12.8. The molecule has 1 heterocycles. The zero-order valence-corrected chi connectivity index (χ0v) is 18.8. The van der Waals surface area contributed by atoms with Gasteiger partial charge in [0.1, 0.15) is 17.3 Å². The number of amides is 1. The Morgan fingerprint density at radius 3 is 2.62 bits per heavy atom. The Morgan fingerprint density at radius 1 is 1.28 bits per heavy atom. The quantitative estimate of drug-likeness (QED) is 0.282. The third kappa shape index (κ3) is 5.04. The summed E-state index contributed by atoms with van der Waals surface area (Å²) in [6.07, 6.45) is 5.83. The van der Waals surface area contributed by atoms with Crippen LogP contribution in [-0.4, -0.2) is 35.6 Å². The van der Waals surface area contributed by atoms with Crippen molar-refractivity contribution in [1.82, 2.24) is 14.5 Å². The summed E-state index contributed by atoms with van der Waals surface area (Å²) >= 11 is 0. The highest BCUT2D eigenvalue weighted by Crippen LogP contribution is 2.31. The third-order valence-corrected chi connectivity index (χ3v) is 6.04. The number of methoxy groups -OCH3 is 2. The van der Waals surface area contributed by atoms with E-state index in [9.17, 15) is 9.59 Å². The number of aryl methyl sites for hydroxylation is 1. The van der Waals surface area contributed by atoms with Gasteiger partial charge in [0.15, 0.2) is 0 Å². The van der Waals surface area contributed by atoms with Gasteiger partial charge in [0.05, 0.1) is 31.6 Å². The van der Waals surface area contributed by atoms with E-state index in [-0.39, 0.29) is 17.5 Å². The number of ether oxygens (including phenoxy) is 2. The van der Waals surface area contributed by atoms with Gasteiger partial charge in [0, 0.05) is 31.7 Å². The summed E-state index contributed by atoms with van der Waals surface area (Å²) in [7, 11) is 4.88. The van der Waals surface area contributed by atoms with Crippen LogP contribution in [0, 0.1) is 11.8 Å². The maximum Gasteiger partial charge on any atom is 0.328 e. The summed E-state index contributed by atoms with van der Waals surface area (Å²) in [4.78, 5) is 29.5. The summed E-state index contributed by atoms with van der Waals surface area (Å²) in [6.45, 7) is 4.32. The molecule has 1 saturated carbocycles. The SMILES string of the molecule is C=C(/C=C(\N=CN)NC(=O)C1CCC(Cn2c(=O)n(C)c3ccc(OC)cc32)CC1)OC. The fourth-order valence-corrected chi connectivity index (χ4v) is 4.18. The number of nitrogens with two attached hydrogens (primary N) is 1. The smallest absolute Gasteiger partial charge is 0.328 e. The number of rotatable bonds is 8. The van der Waals surface area contributed by atoms with Crippen LogP contribution >= 0.6 is 0 Å². The van der Waals surface area contributed by atoms with Gasteiger partial charge in [-0.05, 0) is 43.7 Å². The van der Waals surface area contributed by atoms with Gasteiger partial charge in [-0.2, -0.15) is 0 Å². The van der Waals surface area contributed by atoms with Crippen LogP contribution in [0.3, 0.4) is 0 Å². The molecule has 1 aliphatic rings. The third-order valence-electron chi connectivity index (χ3n) is 6.04. The molecule has 3 N–H and O–H groups in total. The Balaban J connectivity index is 1.66. The van der Waals surface area contributed by atoms with Crippen LogP contribution < -0.4 is 21.5 Å². The highest BCUT2D eigenvalue weighted by Gasteiger charge is 2.28. The van der Waals surface area contributed by atoms with Crippen molar-refractivity contribution in [2.24, 2.45) is 29.6 Å². The summed E-state index contributed by atoms with van der Waals surface area (Å²) in [5, 5.41) is 2.80. The zero-order valence-electron chi connectivity index (χ0n) is 18.8. The van der Waals surface area contributed by atoms with Crippen LogP contribution in [-0.2, 0) is 23.1 Å². The molecule has 3 rings (SSSR count). The molecule has 0 spiro atoms. The fraction of sp³-hybridized carbons (Fsp3) is 0.435. The van der Waals surface area contributed by atoms with E-state index in [0.29, 0.717) is 24.0 Å². The summed E-state index contributed by atoms with van der Waals surface area (Å²) in [5.41, 5.74) is 7.07. The molecule has 0 bridgehead atoms. The van der Waals surface area contributed by atoms with Crippen molar-refractivity contribution in [3.8, 4) is 5.75 Å². The number of imidazole rings is 1. The van der Waals surface area contributed by atoms with Gasteiger partial charge >= 0.3 is 5.69 Å². The number of fused-ring (bicyclic) bond motifs is 1. The molecule has 172 valence electrons. The Labute approximate surface area is 187 Å². The van der Waals surface area contributed by atoms with E-state index >= 15 is 0 Å². The summed E-state index contributed by atoms with van der Waals surface area (Å²) in [6, 6.07) is 5.66. The van der Waals surface area contributed by atoms with Gasteiger partial charge in [-0.1, -0.05) is 6.58 Å². The molecule has 0 atom stereocenters. The van der Waals surface area contributed by atoms with Gasteiger partial charge < -0.3 is 20.5 Å². The number of carbonyl (C=O) groups excluding carboxylic acids is 1. The van der Waals surface area contributed by atoms with Crippen molar-refractivity contribution >= 4 is 23.3 Å². The largest absolute Gasteiger partial charge is 0.497 e. The molecule has 0 radical (unpaired) electrons. The molecular weight excluding hydrogens is 410 g/mol. The minimum absolute atomic E-state index is 0.0408. The predicted octanol–water partition coefficient (Wildman–Crippen LogP) is 2.26. The van der Waals surface area contributed by atoms with Gasteiger partial charge in [0.25, 0.3) is 0 Å². The van der Waals surface area contributed by atoms with Crippen LogP contribution in [0.1, 0.15) is 25.7 Å². The molecule has 1 aliphatic carbocycles. The number of allylic oxidation sites excluding steroid dienone is 1. The summed E-state index contributed by atoms with van der Waals surface area (Å²) in [5.74, 6) is 1.48. The van der Waals surface area contributed by atoms with Crippen LogP contribution in [0.25, 0.3) is 11.0 Å². The first-order valence-corrected chi connectivity index (χ1v) is 10.6. The molecule has 32 heavy (non-hydrogen) atoms. The second kappa shape index (κ2) is 10.2. The van der Waals surface area contributed by atoms with Crippen molar-refractivity contribution in [2.75, 3.05) is 14.2 Å². The Hall–Kier alpha value is -3.49. The standard InChI is InChI=1S/C23H31N5O4/c1-15(31-3)11-21(25-14-24)26-22(29)17-7-5-16(6-8-17)13-28-20-12-18(32-4)9-10-19(20)27(2)23(28)30/h9-12,14,16-17H,1,5-8,13H2,2-4H3,(H2,24,25)(H,26,29)/b21-11+. The molecule has 0 saturated heterocycles. The molecule has 1 amide bonds. The van der Waals surface area contributed by atoms with Crippen molar-refractivity contribution in [1.29, 1.82) is 0 Å². The molecule has 2 aromatic rings. The molecule has 0 aliphatic heterocycles. The van der Waals surface area contributed by atoms with Crippen molar-refractivity contribution < 1.29 is 14.3 Å². The molecule has 9 nitrogen and oxygen atoms in total. The number of benzene rings is 1. The molecule has 1 aromatic heterocycles. The van der Waals surface area contributed by atoms with E-state index in [1.54, 1.807) is 18.7 Å². The molecule has 1 fully saturated rings. The first-order chi connectivity index (χ1) is 15.4. The van der Waals surface area contributed by atoms with E-state index in [1.807, 2.05) is 22.8 Å². The van der Waals surface area contributed by atoms with Crippen molar-refractivity contribution in [2.45, 2.75) is 32.2 Å². The first kappa shape index (κ1) is 23.2. The van der Waals surface area contributed by atoms with E-state index in [0.717, 1.165) is 48.8 Å². The monoisotopic (exact) mass is 441 g/mol. The number of carbonyl (C=O) groups is 1. The van der Waals surface area contributed by atoms with E-state index in [4.69, 9.17) is 15.2 Å². The fourth-order valence-electron chi connectivity index (χ4n) is 4.18. The minimum atomic E-state index is -0.122. The first-order valence-electron chi connectivity index (χ1n) is 10.6. The lowest BCUT2D eigenvalue weighted by Crippen LogP contribution is -2.34. The Morgan fingerprint density at radius 2 is 2.00 bits per heavy atom. The second-order valence-corrected chi connectivity index (χ2v) is 7.99. The number of aliphatic imine (C=N–C) groups is 1. The summed E-state index contributed by atoms with van der Waals surface area (Å²) < 4.78 is 13.8. The lowest BCUT2D eigenvalue weighted by atomic mass is 9.81. The second-order valence-electron chi connectivity index (χ2n) is 7.99. The van der Waals surface area contributed by atoms with Crippen molar-refractivity contribution in [3.05, 3.63) is 52.9 Å². The maximum absolute atomic E-state index is 12.8. The van der Waals surface area contributed by atoms with Crippen molar-refractivity contribution in [3.63, 3.8) is 0 Å². The number of hydrogen-bond donors (Lipinski definition) is 2. The molecular formula is C23H31N5O4. The van der Waals surface area contributed by atoms with Gasteiger partial charge in [-0.15, -0.1) is 0 Å². The topological polar surface area (TPSA) is 113 Å². The molecule has 1 aromatic carbocycles. The van der Waals surface area contributed by atoms with E-state index < -0.39 is 0 Å². The predicted molar refractivity (Wildman–Crippen MR) is 124 cm³/mol. The van der Waals surface area contributed by atoms with Crippen LogP contribution in [0.15, 0.2) is 52.2 Å². The van der Waals surface area contributed by atoms with E-state index in [2.05, 4.69) is 16.9 Å². The van der Waals surface area contributed by atoms with E-state index in [1.165, 1.54) is 13.2 Å². The molecule has 0 unspecified atom stereocenters. The number of nitrogens with zero attached hydrogens (tertiary/aromatic N) is 3. The highest BCUT2D eigenvalue weighted by atomic mass is 16.5. The lowest BCUT2D eigenvalue weighted by Gasteiger charge is -2.28. The van der Waals surface area contributed by atoms with Crippen LogP contribution in [0.5, 0.6) is 5.75 Å². The van der Waals surface area contributed by atoms with Gasteiger partial charge in [-0.3, -0.25) is 13.9 Å².